The minimum Gasteiger partial charge on any atom is -0.491 e. The molecular weight excluding hydrogens is 226 g/mol. The van der Waals surface area contributed by atoms with Gasteiger partial charge in [-0.05, 0) is 44.5 Å². The summed E-state index contributed by atoms with van der Waals surface area (Å²) in [6, 6.07) is 9.67. The topological polar surface area (TPSA) is 32.7 Å². The first-order valence-corrected chi connectivity index (χ1v) is 6.93. The van der Waals surface area contributed by atoms with Gasteiger partial charge in [0.1, 0.15) is 12.4 Å². The smallest absolute Gasteiger partial charge is 0.119 e. The Morgan fingerprint density at radius 2 is 1.83 bits per heavy atom. The molecule has 18 heavy (non-hydrogen) atoms. The number of aliphatic hydroxyl groups excluding tert-OH is 1. The number of ether oxygens (including phenoxy) is 1. The molecular formula is C15H23NO2. The molecule has 1 aromatic carbocycles. The van der Waals surface area contributed by atoms with E-state index < -0.39 is 0 Å². The molecule has 0 aromatic heterocycles. The second-order valence-electron chi connectivity index (χ2n) is 4.97. The molecule has 2 rings (SSSR count). The van der Waals surface area contributed by atoms with E-state index in [9.17, 15) is 5.11 Å². The third-order valence-corrected chi connectivity index (χ3v) is 3.41. The summed E-state index contributed by atoms with van der Waals surface area (Å²) in [5.74, 6) is 0.828. The summed E-state index contributed by atoms with van der Waals surface area (Å²) in [7, 11) is 0. The van der Waals surface area contributed by atoms with Crippen LogP contribution in [0.25, 0.3) is 0 Å². The van der Waals surface area contributed by atoms with E-state index >= 15 is 0 Å². The van der Waals surface area contributed by atoms with Crippen LogP contribution < -0.4 is 4.74 Å². The van der Waals surface area contributed by atoms with Gasteiger partial charge in [0.25, 0.3) is 0 Å². The molecule has 3 heteroatoms. The van der Waals surface area contributed by atoms with E-state index in [2.05, 4.69) is 4.90 Å². The van der Waals surface area contributed by atoms with Crippen LogP contribution in [0.3, 0.4) is 0 Å². The predicted molar refractivity (Wildman–Crippen MR) is 72.9 cm³/mol. The molecule has 0 saturated carbocycles. The number of hydrogen-bond donors (Lipinski definition) is 1. The Labute approximate surface area is 109 Å². The first-order valence-electron chi connectivity index (χ1n) is 6.93. The zero-order valence-electron chi connectivity index (χ0n) is 10.9. The fraction of sp³-hybridized carbons (Fsp3) is 0.600. The average Bonchev–Trinajstić information content (AvgIpc) is 2.45. The van der Waals surface area contributed by atoms with Crippen molar-refractivity contribution < 1.29 is 9.84 Å². The Hall–Kier alpha value is -1.06. The SMILES string of the molecule is OC(CCN1CCCCC1)COc1ccccc1. The molecule has 1 unspecified atom stereocenters. The second kappa shape index (κ2) is 7.39. The van der Waals surface area contributed by atoms with E-state index in [0.29, 0.717) is 6.61 Å². The van der Waals surface area contributed by atoms with E-state index in [1.165, 1.54) is 32.4 Å². The number of benzene rings is 1. The molecule has 1 N–H and O–H groups in total. The lowest BCUT2D eigenvalue weighted by molar-refractivity contribution is 0.0845. The van der Waals surface area contributed by atoms with Crippen molar-refractivity contribution in [1.29, 1.82) is 0 Å². The summed E-state index contributed by atoms with van der Waals surface area (Å²) < 4.78 is 5.54. The summed E-state index contributed by atoms with van der Waals surface area (Å²) in [4.78, 5) is 2.44. The minimum atomic E-state index is -0.368. The quantitative estimate of drug-likeness (QED) is 0.839. The molecule has 1 aromatic rings. The van der Waals surface area contributed by atoms with Crippen LogP contribution in [0.15, 0.2) is 30.3 Å². The molecule has 0 aliphatic carbocycles. The monoisotopic (exact) mass is 249 g/mol. The molecule has 3 nitrogen and oxygen atoms in total. The molecule has 1 aliphatic heterocycles. The van der Waals surface area contributed by atoms with Crippen LogP contribution in [0.4, 0.5) is 0 Å². The first-order chi connectivity index (χ1) is 8.84. The fourth-order valence-electron chi connectivity index (χ4n) is 2.31. The van der Waals surface area contributed by atoms with Gasteiger partial charge in [0.05, 0.1) is 6.10 Å². The van der Waals surface area contributed by atoms with Crippen molar-refractivity contribution in [3.8, 4) is 5.75 Å². The third-order valence-electron chi connectivity index (χ3n) is 3.41. The van der Waals surface area contributed by atoms with Crippen molar-refractivity contribution in [3.63, 3.8) is 0 Å². The number of aliphatic hydroxyl groups is 1. The van der Waals surface area contributed by atoms with Gasteiger partial charge in [-0.2, -0.15) is 0 Å². The fourth-order valence-corrected chi connectivity index (χ4v) is 2.31. The number of hydrogen-bond acceptors (Lipinski definition) is 3. The van der Waals surface area contributed by atoms with Crippen molar-refractivity contribution in [2.45, 2.75) is 31.8 Å². The van der Waals surface area contributed by atoms with Crippen molar-refractivity contribution in [2.24, 2.45) is 0 Å². The van der Waals surface area contributed by atoms with Crippen LogP contribution in [0.2, 0.25) is 0 Å². The van der Waals surface area contributed by atoms with Crippen molar-refractivity contribution in [1.82, 2.24) is 4.90 Å². The normalized spacial score (nSPS) is 18.5. The molecule has 1 saturated heterocycles. The van der Waals surface area contributed by atoms with Crippen LogP contribution in [-0.2, 0) is 0 Å². The van der Waals surface area contributed by atoms with E-state index in [1.54, 1.807) is 0 Å². The predicted octanol–water partition coefficient (Wildman–Crippen LogP) is 2.30. The van der Waals surface area contributed by atoms with Gasteiger partial charge in [0, 0.05) is 6.54 Å². The Kier molecular flexibility index (Phi) is 5.49. The summed E-state index contributed by atoms with van der Waals surface area (Å²) in [6.07, 6.45) is 4.39. The molecule has 1 fully saturated rings. The lowest BCUT2D eigenvalue weighted by Crippen LogP contribution is -2.33. The number of likely N-dealkylation sites (tertiary alicyclic amines) is 1. The third kappa shape index (κ3) is 4.67. The van der Waals surface area contributed by atoms with Crippen LogP contribution in [0, 0.1) is 0 Å². The summed E-state index contributed by atoms with van der Waals surface area (Å²) >= 11 is 0. The Morgan fingerprint density at radius 1 is 1.11 bits per heavy atom. The lowest BCUT2D eigenvalue weighted by atomic mass is 10.1. The highest BCUT2D eigenvalue weighted by molar-refractivity contribution is 5.20. The molecule has 1 heterocycles. The van der Waals surface area contributed by atoms with Gasteiger partial charge >= 0.3 is 0 Å². The maximum atomic E-state index is 9.89. The van der Waals surface area contributed by atoms with E-state index in [0.717, 1.165) is 18.7 Å². The van der Waals surface area contributed by atoms with E-state index in [1.807, 2.05) is 30.3 Å². The van der Waals surface area contributed by atoms with Crippen LogP contribution in [0.5, 0.6) is 5.75 Å². The minimum absolute atomic E-state index is 0.368. The maximum Gasteiger partial charge on any atom is 0.119 e. The highest BCUT2D eigenvalue weighted by Crippen LogP contribution is 2.11. The van der Waals surface area contributed by atoms with Gasteiger partial charge in [-0.1, -0.05) is 24.6 Å². The largest absolute Gasteiger partial charge is 0.491 e. The van der Waals surface area contributed by atoms with Crippen molar-refractivity contribution in [3.05, 3.63) is 30.3 Å². The van der Waals surface area contributed by atoms with Crippen LogP contribution in [-0.4, -0.2) is 42.4 Å². The van der Waals surface area contributed by atoms with Crippen molar-refractivity contribution in [2.75, 3.05) is 26.2 Å². The number of para-hydroxylation sites is 1. The maximum absolute atomic E-state index is 9.89. The second-order valence-corrected chi connectivity index (χ2v) is 4.97. The van der Waals surface area contributed by atoms with Gasteiger partial charge in [-0.25, -0.2) is 0 Å². The molecule has 0 bridgehead atoms. The molecule has 1 atom stereocenters. The molecule has 100 valence electrons. The molecule has 1 aliphatic rings. The van der Waals surface area contributed by atoms with Gasteiger partial charge in [-0.15, -0.1) is 0 Å². The number of nitrogens with zero attached hydrogens (tertiary/aromatic N) is 1. The van der Waals surface area contributed by atoms with E-state index in [4.69, 9.17) is 4.74 Å². The summed E-state index contributed by atoms with van der Waals surface area (Å²) in [5, 5.41) is 9.89. The summed E-state index contributed by atoms with van der Waals surface area (Å²) in [6.45, 7) is 3.75. The lowest BCUT2D eigenvalue weighted by Gasteiger charge is -2.27. The zero-order chi connectivity index (χ0) is 12.6. The Morgan fingerprint density at radius 3 is 2.56 bits per heavy atom. The zero-order valence-corrected chi connectivity index (χ0v) is 10.9. The Bertz CT molecular complexity index is 323. The molecule has 0 amide bonds. The van der Waals surface area contributed by atoms with E-state index in [-0.39, 0.29) is 6.10 Å². The van der Waals surface area contributed by atoms with Gasteiger partial charge in [-0.3, -0.25) is 0 Å². The number of rotatable bonds is 6. The first kappa shape index (κ1) is 13.4. The van der Waals surface area contributed by atoms with Crippen molar-refractivity contribution >= 4 is 0 Å². The Balaban J connectivity index is 1.61. The molecule has 0 radical (unpaired) electrons. The van der Waals surface area contributed by atoms with Crippen LogP contribution in [0.1, 0.15) is 25.7 Å². The number of piperidine rings is 1. The average molecular weight is 249 g/mol. The van der Waals surface area contributed by atoms with Crippen LogP contribution >= 0.6 is 0 Å². The summed E-state index contributed by atoms with van der Waals surface area (Å²) in [5.41, 5.74) is 0. The highest BCUT2D eigenvalue weighted by Gasteiger charge is 2.12. The standard InChI is InChI=1S/C15H23NO2/c17-14(9-12-16-10-5-2-6-11-16)13-18-15-7-3-1-4-8-15/h1,3-4,7-8,14,17H,2,5-6,9-13H2. The van der Waals surface area contributed by atoms with Gasteiger partial charge in [0.2, 0.25) is 0 Å². The molecule has 0 spiro atoms. The van der Waals surface area contributed by atoms with Gasteiger partial charge < -0.3 is 14.7 Å². The van der Waals surface area contributed by atoms with Gasteiger partial charge in [0.15, 0.2) is 0 Å². The highest BCUT2D eigenvalue weighted by atomic mass is 16.5.